The Hall–Kier alpha value is -2.54. The highest BCUT2D eigenvalue weighted by atomic mass is 32.2. The number of amides is 1. The smallest absolute Gasteiger partial charge is 0.263 e. The molecule has 1 N–H and O–H groups in total. The molecule has 0 aromatic heterocycles. The van der Waals surface area contributed by atoms with Crippen molar-refractivity contribution >= 4 is 21.6 Å². The van der Waals surface area contributed by atoms with Crippen molar-refractivity contribution in [3.8, 4) is 5.75 Å². The van der Waals surface area contributed by atoms with E-state index in [9.17, 15) is 13.2 Å². The second-order valence-electron chi connectivity index (χ2n) is 8.61. The van der Waals surface area contributed by atoms with Crippen molar-refractivity contribution in [2.45, 2.75) is 52.2 Å². The van der Waals surface area contributed by atoms with Crippen LogP contribution < -0.4 is 14.4 Å². The molecule has 30 heavy (non-hydrogen) atoms. The van der Waals surface area contributed by atoms with Crippen LogP contribution in [0.4, 0.5) is 5.69 Å². The lowest BCUT2D eigenvalue weighted by Crippen LogP contribution is -2.51. The van der Waals surface area contributed by atoms with Gasteiger partial charge in [-0.25, -0.2) is 8.42 Å². The molecule has 0 aliphatic carbocycles. The van der Waals surface area contributed by atoms with Crippen LogP contribution in [0.15, 0.2) is 48.5 Å². The van der Waals surface area contributed by atoms with Crippen molar-refractivity contribution in [1.82, 2.24) is 5.32 Å². The maximum atomic E-state index is 12.9. The fourth-order valence-electron chi connectivity index (χ4n) is 3.42. The van der Waals surface area contributed by atoms with Gasteiger partial charge in [0.1, 0.15) is 5.75 Å². The minimum absolute atomic E-state index is 0.0469. The van der Waals surface area contributed by atoms with Crippen LogP contribution in [-0.4, -0.2) is 32.7 Å². The number of rotatable bonds is 5. The van der Waals surface area contributed by atoms with Gasteiger partial charge in [-0.1, -0.05) is 57.2 Å². The zero-order valence-electron chi connectivity index (χ0n) is 18.2. The van der Waals surface area contributed by atoms with E-state index in [0.717, 1.165) is 5.56 Å². The Kier molecular flexibility index (Phi) is 6.13. The molecule has 6 nitrogen and oxygen atoms in total. The van der Waals surface area contributed by atoms with E-state index in [-0.39, 0.29) is 29.7 Å². The third-order valence-corrected chi connectivity index (χ3v) is 7.11. The van der Waals surface area contributed by atoms with Gasteiger partial charge in [-0.3, -0.25) is 9.10 Å². The van der Waals surface area contributed by atoms with E-state index < -0.39 is 16.1 Å². The van der Waals surface area contributed by atoms with Crippen LogP contribution in [0.2, 0.25) is 0 Å². The molecule has 162 valence electrons. The maximum Gasteiger partial charge on any atom is 0.263 e. The Morgan fingerprint density at radius 1 is 1.17 bits per heavy atom. The summed E-state index contributed by atoms with van der Waals surface area (Å²) in [5.41, 5.74) is 2.72. The van der Waals surface area contributed by atoms with Crippen molar-refractivity contribution in [2.75, 3.05) is 16.6 Å². The summed E-state index contributed by atoms with van der Waals surface area (Å²) in [5.74, 6) is 0.00274. The molecular formula is C23H30N2O4S. The van der Waals surface area contributed by atoms with E-state index in [2.05, 4.69) is 38.2 Å². The molecule has 0 unspecified atom stereocenters. The van der Waals surface area contributed by atoms with Crippen molar-refractivity contribution in [1.29, 1.82) is 0 Å². The molecule has 0 fully saturated rings. The van der Waals surface area contributed by atoms with Gasteiger partial charge in [0, 0.05) is 0 Å². The van der Waals surface area contributed by atoms with Crippen molar-refractivity contribution in [2.24, 2.45) is 0 Å². The summed E-state index contributed by atoms with van der Waals surface area (Å²) in [4.78, 5) is 12.9. The Labute approximate surface area is 179 Å². The van der Waals surface area contributed by atoms with Gasteiger partial charge in [0.15, 0.2) is 6.10 Å². The molecule has 0 spiro atoms. The Balaban J connectivity index is 1.77. The number of anilines is 1. The average Bonchev–Trinajstić information content (AvgIpc) is 2.72. The number of para-hydroxylation sites is 2. The third-order valence-electron chi connectivity index (χ3n) is 5.36. The summed E-state index contributed by atoms with van der Waals surface area (Å²) >= 11 is 0. The lowest BCUT2D eigenvalue weighted by atomic mass is 9.86. The van der Waals surface area contributed by atoms with E-state index in [0.29, 0.717) is 11.4 Å². The zero-order valence-corrected chi connectivity index (χ0v) is 19.0. The predicted octanol–water partition coefficient (Wildman–Crippen LogP) is 3.78. The van der Waals surface area contributed by atoms with Gasteiger partial charge >= 0.3 is 0 Å². The maximum absolute atomic E-state index is 12.9. The van der Waals surface area contributed by atoms with Gasteiger partial charge in [-0.2, -0.15) is 0 Å². The van der Waals surface area contributed by atoms with E-state index in [1.165, 1.54) is 9.87 Å². The topological polar surface area (TPSA) is 75.7 Å². The van der Waals surface area contributed by atoms with Crippen LogP contribution in [0.5, 0.6) is 5.75 Å². The molecule has 0 bridgehead atoms. The summed E-state index contributed by atoms with van der Waals surface area (Å²) < 4.78 is 32.3. The third kappa shape index (κ3) is 4.61. The van der Waals surface area contributed by atoms with Crippen LogP contribution in [-0.2, 0) is 20.2 Å². The number of benzene rings is 2. The molecule has 0 saturated carbocycles. The minimum atomic E-state index is -3.53. The molecule has 2 aromatic rings. The average molecular weight is 431 g/mol. The second-order valence-corrected chi connectivity index (χ2v) is 10.8. The van der Waals surface area contributed by atoms with E-state index >= 15 is 0 Å². The monoisotopic (exact) mass is 430 g/mol. The van der Waals surface area contributed by atoms with Crippen molar-refractivity contribution < 1.29 is 17.9 Å². The molecule has 2 atom stereocenters. The molecule has 0 radical (unpaired) electrons. The minimum Gasteiger partial charge on any atom is -0.476 e. The number of sulfonamides is 1. The highest BCUT2D eigenvalue weighted by Crippen LogP contribution is 2.35. The summed E-state index contributed by atoms with van der Waals surface area (Å²) in [7, 11) is -3.53. The summed E-state index contributed by atoms with van der Waals surface area (Å²) in [6.45, 7) is 9.91. The van der Waals surface area contributed by atoms with Gasteiger partial charge in [-0.05, 0) is 42.5 Å². The molecule has 3 rings (SSSR count). The van der Waals surface area contributed by atoms with Gasteiger partial charge < -0.3 is 10.1 Å². The Morgan fingerprint density at radius 3 is 2.40 bits per heavy atom. The second kappa shape index (κ2) is 8.30. The number of ether oxygens (including phenoxy) is 1. The quantitative estimate of drug-likeness (QED) is 0.783. The number of hydrogen-bond acceptors (Lipinski definition) is 4. The van der Waals surface area contributed by atoms with Gasteiger partial charge in [-0.15, -0.1) is 0 Å². The molecule has 1 aliphatic rings. The van der Waals surface area contributed by atoms with Crippen molar-refractivity contribution in [3.63, 3.8) is 0 Å². The Bertz CT molecular complexity index is 1010. The molecule has 7 heteroatoms. The van der Waals surface area contributed by atoms with Crippen LogP contribution in [0.3, 0.4) is 0 Å². The lowest BCUT2D eigenvalue weighted by Gasteiger charge is -2.35. The van der Waals surface area contributed by atoms with E-state index in [1.807, 2.05) is 19.1 Å². The molecule has 1 aliphatic heterocycles. The van der Waals surface area contributed by atoms with Crippen molar-refractivity contribution in [3.05, 3.63) is 59.7 Å². The van der Waals surface area contributed by atoms with Crippen LogP contribution in [0.1, 0.15) is 51.8 Å². The first kappa shape index (κ1) is 22.2. The number of hydrogen-bond donors (Lipinski definition) is 1. The first-order valence-corrected chi connectivity index (χ1v) is 11.8. The molecular weight excluding hydrogens is 400 g/mol. The van der Waals surface area contributed by atoms with Crippen LogP contribution >= 0.6 is 0 Å². The summed E-state index contributed by atoms with van der Waals surface area (Å²) in [6, 6.07) is 14.8. The molecule has 0 saturated heterocycles. The number of carbonyl (C=O) groups excluding carboxylic acids is 1. The number of nitrogens with one attached hydrogen (secondary N) is 1. The normalized spacial score (nSPS) is 17.6. The highest BCUT2D eigenvalue weighted by Gasteiger charge is 2.36. The summed E-state index contributed by atoms with van der Waals surface area (Å²) in [6.07, 6.45) is -0.919. The van der Waals surface area contributed by atoms with E-state index in [4.69, 9.17) is 4.74 Å². The fourth-order valence-corrected chi connectivity index (χ4v) is 4.54. The SMILES string of the molecule is CCS(=O)(=O)N1C[C@H](C(=O)N[C@@H](C)c2ccc(C(C)(C)C)cc2)Oc2ccccc21. The first-order valence-electron chi connectivity index (χ1n) is 10.2. The highest BCUT2D eigenvalue weighted by molar-refractivity contribution is 7.92. The Morgan fingerprint density at radius 2 is 1.80 bits per heavy atom. The molecule has 2 aromatic carbocycles. The predicted molar refractivity (Wildman–Crippen MR) is 119 cm³/mol. The molecule has 1 amide bonds. The van der Waals surface area contributed by atoms with Gasteiger partial charge in [0.05, 0.1) is 24.0 Å². The lowest BCUT2D eigenvalue weighted by molar-refractivity contribution is -0.128. The standard InChI is InChI=1S/C23H30N2O4S/c1-6-30(27,28)25-15-21(29-20-10-8-7-9-19(20)25)22(26)24-16(2)17-11-13-18(14-12-17)23(3,4)5/h7-14,16,21H,6,15H2,1-5H3,(H,24,26)/t16-,21+/m0/s1. The zero-order chi connectivity index (χ0) is 22.1. The largest absolute Gasteiger partial charge is 0.476 e. The first-order chi connectivity index (χ1) is 14.0. The number of nitrogens with zero attached hydrogens (tertiary/aromatic N) is 1. The summed E-state index contributed by atoms with van der Waals surface area (Å²) in [5, 5.41) is 2.96. The fraction of sp³-hybridized carbons (Fsp3) is 0.435. The van der Waals surface area contributed by atoms with Crippen LogP contribution in [0, 0.1) is 0 Å². The van der Waals surface area contributed by atoms with E-state index in [1.54, 1.807) is 31.2 Å². The van der Waals surface area contributed by atoms with Crippen LogP contribution in [0.25, 0.3) is 0 Å². The molecule has 1 heterocycles. The van der Waals surface area contributed by atoms with Gasteiger partial charge in [0.25, 0.3) is 5.91 Å². The number of fused-ring (bicyclic) bond motifs is 1. The van der Waals surface area contributed by atoms with Gasteiger partial charge in [0.2, 0.25) is 10.0 Å². The number of carbonyl (C=O) groups is 1.